The molecule has 1 aromatic rings. The largest absolute Gasteiger partial charge is 0.480 e. The lowest BCUT2D eigenvalue weighted by Gasteiger charge is -2.33. The van der Waals surface area contributed by atoms with Gasteiger partial charge in [-0.05, 0) is 25.0 Å². The number of carboxylic acids is 1. The molecule has 0 saturated heterocycles. The highest BCUT2D eigenvalue weighted by atomic mass is 35.5. The average Bonchev–Trinajstić information content (AvgIpc) is 2.77. The molecular weight excluding hydrogens is 274 g/mol. The van der Waals surface area contributed by atoms with E-state index in [9.17, 15) is 14.7 Å². The lowest BCUT2D eigenvalue weighted by molar-refractivity contribution is -0.145. The molecule has 1 amide bonds. The molecule has 18 heavy (non-hydrogen) atoms. The van der Waals surface area contributed by atoms with Gasteiger partial charge in [-0.2, -0.15) is 0 Å². The second kappa shape index (κ2) is 5.28. The van der Waals surface area contributed by atoms with Crippen LogP contribution >= 0.6 is 22.9 Å². The van der Waals surface area contributed by atoms with E-state index in [1.165, 1.54) is 0 Å². The SMILES string of the molecule is O=C(NC1(C(=O)O)CCCCC1)c1ccc(Cl)s1. The summed E-state index contributed by atoms with van der Waals surface area (Å²) in [5.41, 5.74) is -1.11. The number of carbonyl (C=O) groups excluding carboxylic acids is 1. The summed E-state index contributed by atoms with van der Waals surface area (Å²) in [6.45, 7) is 0. The fraction of sp³-hybridized carbons (Fsp3) is 0.500. The lowest BCUT2D eigenvalue weighted by atomic mass is 9.81. The highest BCUT2D eigenvalue weighted by Gasteiger charge is 2.41. The van der Waals surface area contributed by atoms with E-state index in [2.05, 4.69) is 5.32 Å². The van der Waals surface area contributed by atoms with Crippen molar-refractivity contribution in [1.82, 2.24) is 5.32 Å². The van der Waals surface area contributed by atoms with Gasteiger partial charge < -0.3 is 10.4 Å². The molecule has 1 fully saturated rings. The first kappa shape index (κ1) is 13.4. The zero-order valence-electron chi connectivity index (χ0n) is 9.74. The number of hydrogen-bond acceptors (Lipinski definition) is 3. The first-order chi connectivity index (χ1) is 8.53. The summed E-state index contributed by atoms with van der Waals surface area (Å²) >= 11 is 6.92. The van der Waals surface area contributed by atoms with Gasteiger partial charge in [0.15, 0.2) is 0 Å². The quantitative estimate of drug-likeness (QED) is 0.898. The number of nitrogens with one attached hydrogen (secondary N) is 1. The minimum Gasteiger partial charge on any atom is -0.480 e. The molecule has 98 valence electrons. The third kappa shape index (κ3) is 2.67. The van der Waals surface area contributed by atoms with E-state index in [0.29, 0.717) is 22.1 Å². The summed E-state index contributed by atoms with van der Waals surface area (Å²) in [7, 11) is 0. The van der Waals surface area contributed by atoms with Gasteiger partial charge in [0.25, 0.3) is 5.91 Å². The molecule has 2 N–H and O–H groups in total. The van der Waals surface area contributed by atoms with E-state index in [0.717, 1.165) is 30.6 Å². The molecule has 6 heteroatoms. The number of rotatable bonds is 3. The predicted molar refractivity (Wildman–Crippen MR) is 70.2 cm³/mol. The highest BCUT2D eigenvalue weighted by molar-refractivity contribution is 7.18. The van der Waals surface area contributed by atoms with E-state index in [-0.39, 0.29) is 5.91 Å². The van der Waals surface area contributed by atoms with Crippen LogP contribution in [-0.2, 0) is 4.79 Å². The number of thiophene rings is 1. The Bertz CT molecular complexity index is 466. The van der Waals surface area contributed by atoms with Crippen LogP contribution in [0.1, 0.15) is 41.8 Å². The molecule has 0 aromatic carbocycles. The van der Waals surface area contributed by atoms with E-state index < -0.39 is 11.5 Å². The van der Waals surface area contributed by atoms with Gasteiger partial charge in [0, 0.05) is 0 Å². The van der Waals surface area contributed by atoms with E-state index in [1.807, 2.05) is 0 Å². The normalized spacial score (nSPS) is 18.3. The van der Waals surface area contributed by atoms with E-state index in [4.69, 9.17) is 11.6 Å². The minimum atomic E-state index is -1.11. The Hall–Kier alpha value is -1.07. The van der Waals surface area contributed by atoms with Crippen molar-refractivity contribution in [3.63, 3.8) is 0 Å². The molecule has 1 aromatic heterocycles. The standard InChI is InChI=1S/C12H14ClNO3S/c13-9-5-4-8(18-9)10(15)14-12(11(16)17)6-2-1-3-7-12/h4-5H,1-3,6-7H2,(H,14,15)(H,16,17). The summed E-state index contributed by atoms with van der Waals surface area (Å²) in [6.07, 6.45) is 3.67. The second-order valence-corrected chi connectivity index (χ2v) is 6.22. The van der Waals surface area contributed by atoms with Crippen LogP contribution in [0.2, 0.25) is 4.34 Å². The zero-order valence-corrected chi connectivity index (χ0v) is 11.3. The van der Waals surface area contributed by atoms with Gasteiger partial charge in [-0.3, -0.25) is 4.79 Å². The Kier molecular flexibility index (Phi) is 3.92. The van der Waals surface area contributed by atoms with Gasteiger partial charge in [-0.25, -0.2) is 4.79 Å². The van der Waals surface area contributed by atoms with Crippen molar-refractivity contribution in [2.75, 3.05) is 0 Å². The number of halogens is 1. The number of carboxylic acid groups (broad SMARTS) is 1. The Labute approximate surface area is 114 Å². The third-order valence-corrected chi connectivity index (χ3v) is 4.50. The van der Waals surface area contributed by atoms with Gasteiger partial charge in [0.05, 0.1) is 9.21 Å². The van der Waals surface area contributed by atoms with Crippen molar-refractivity contribution < 1.29 is 14.7 Å². The molecule has 0 spiro atoms. The van der Waals surface area contributed by atoms with Gasteiger partial charge in [0.1, 0.15) is 5.54 Å². The molecule has 0 bridgehead atoms. The fourth-order valence-corrected chi connectivity index (χ4v) is 3.20. The van der Waals surface area contributed by atoms with Crippen LogP contribution in [-0.4, -0.2) is 22.5 Å². The van der Waals surface area contributed by atoms with Crippen molar-refractivity contribution >= 4 is 34.8 Å². The molecule has 0 aliphatic heterocycles. The summed E-state index contributed by atoms with van der Waals surface area (Å²) in [4.78, 5) is 23.9. The fourth-order valence-electron chi connectivity index (χ4n) is 2.26. The predicted octanol–water partition coefficient (Wildman–Crippen LogP) is 2.92. The summed E-state index contributed by atoms with van der Waals surface area (Å²) in [6, 6.07) is 3.25. The monoisotopic (exact) mass is 287 g/mol. The van der Waals surface area contributed by atoms with Crippen molar-refractivity contribution in [3.8, 4) is 0 Å². The smallest absolute Gasteiger partial charge is 0.329 e. The molecule has 1 saturated carbocycles. The molecule has 0 unspecified atom stereocenters. The topological polar surface area (TPSA) is 66.4 Å². The first-order valence-corrected chi connectivity index (χ1v) is 7.04. The van der Waals surface area contributed by atoms with Crippen LogP contribution in [0.15, 0.2) is 12.1 Å². The minimum absolute atomic E-state index is 0.351. The second-order valence-electron chi connectivity index (χ2n) is 4.51. The first-order valence-electron chi connectivity index (χ1n) is 5.85. The number of amides is 1. The maximum Gasteiger partial charge on any atom is 0.329 e. The molecule has 1 heterocycles. The van der Waals surface area contributed by atoms with Crippen LogP contribution in [0.25, 0.3) is 0 Å². The van der Waals surface area contributed by atoms with Gasteiger partial charge >= 0.3 is 5.97 Å². The van der Waals surface area contributed by atoms with Crippen molar-refractivity contribution in [2.45, 2.75) is 37.6 Å². The Morgan fingerprint density at radius 1 is 1.28 bits per heavy atom. The van der Waals surface area contributed by atoms with Crippen LogP contribution in [0.3, 0.4) is 0 Å². The molecule has 2 rings (SSSR count). The van der Waals surface area contributed by atoms with Crippen molar-refractivity contribution in [3.05, 3.63) is 21.3 Å². The van der Waals surface area contributed by atoms with Crippen LogP contribution in [0.5, 0.6) is 0 Å². The molecular formula is C12H14ClNO3S. The average molecular weight is 288 g/mol. The molecule has 0 radical (unpaired) electrons. The van der Waals surface area contributed by atoms with Gasteiger partial charge in [-0.15, -0.1) is 11.3 Å². The third-order valence-electron chi connectivity index (χ3n) is 3.27. The maximum absolute atomic E-state index is 12.0. The van der Waals surface area contributed by atoms with E-state index >= 15 is 0 Å². The van der Waals surface area contributed by atoms with Gasteiger partial charge in [-0.1, -0.05) is 30.9 Å². The maximum atomic E-state index is 12.0. The Morgan fingerprint density at radius 3 is 2.44 bits per heavy atom. The summed E-state index contributed by atoms with van der Waals surface area (Å²) < 4.78 is 0.521. The summed E-state index contributed by atoms with van der Waals surface area (Å²) in [5.74, 6) is -1.30. The number of aliphatic carboxylic acids is 1. The Balaban J connectivity index is 2.14. The van der Waals surface area contributed by atoms with Crippen LogP contribution < -0.4 is 5.32 Å². The van der Waals surface area contributed by atoms with Crippen molar-refractivity contribution in [1.29, 1.82) is 0 Å². The molecule has 0 atom stereocenters. The highest BCUT2D eigenvalue weighted by Crippen LogP contribution is 2.30. The Morgan fingerprint density at radius 2 is 1.94 bits per heavy atom. The molecule has 1 aliphatic rings. The lowest BCUT2D eigenvalue weighted by Crippen LogP contribution is -2.55. The van der Waals surface area contributed by atoms with E-state index in [1.54, 1.807) is 12.1 Å². The van der Waals surface area contributed by atoms with Crippen molar-refractivity contribution in [2.24, 2.45) is 0 Å². The van der Waals surface area contributed by atoms with Crippen LogP contribution in [0.4, 0.5) is 0 Å². The summed E-state index contributed by atoms with van der Waals surface area (Å²) in [5, 5.41) is 12.0. The van der Waals surface area contributed by atoms with Gasteiger partial charge in [0.2, 0.25) is 0 Å². The molecule has 4 nitrogen and oxygen atoms in total. The number of hydrogen-bond donors (Lipinski definition) is 2. The van der Waals surface area contributed by atoms with Crippen LogP contribution in [0, 0.1) is 0 Å². The zero-order chi connectivity index (χ0) is 13.2. The number of carbonyl (C=O) groups is 2. The molecule has 1 aliphatic carbocycles.